The average molecular weight is 363 g/mol. The number of urea groups is 1. The molecule has 2 rings (SSSR count). The van der Waals surface area contributed by atoms with Crippen LogP contribution in [0.4, 0.5) is 4.79 Å². The van der Waals surface area contributed by atoms with Crippen molar-refractivity contribution in [3.63, 3.8) is 0 Å². The van der Waals surface area contributed by atoms with Crippen molar-refractivity contribution in [2.75, 3.05) is 46.4 Å². The van der Waals surface area contributed by atoms with Crippen LogP contribution in [0.15, 0.2) is 24.3 Å². The summed E-state index contributed by atoms with van der Waals surface area (Å²) >= 11 is 0. The molecule has 1 heterocycles. The normalized spacial score (nSPS) is 17.1. The lowest BCUT2D eigenvalue weighted by atomic mass is 10.2. The third-order valence-electron chi connectivity index (χ3n) is 4.44. The Morgan fingerprint density at radius 2 is 1.92 bits per heavy atom. The van der Waals surface area contributed by atoms with Gasteiger partial charge in [-0.3, -0.25) is 4.90 Å². The van der Waals surface area contributed by atoms with Crippen molar-refractivity contribution in [2.24, 2.45) is 5.92 Å². The molecule has 1 aromatic carbocycles. The first-order valence-corrected chi connectivity index (χ1v) is 9.59. The molecule has 0 radical (unpaired) electrons. The van der Waals surface area contributed by atoms with Gasteiger partial charge in [-0.1, -0.05) is 26.0 Å². The molecule has 2 amide bonds. The number of rotatable bonds is 8. The molecule has 6 heteroatoms. The fourth-order valence-electron chi connectivity index (χ4n) is 2.93. The van der Waals surface area contributed by atoms with Crippen LogP contribution in [0.25, 0.3) is 0 Å². The molecule has 0 aliphatic carbocycles. The van der Waals surface area contributed by atoms with Crippen molar-refractivity contribution >= 4 is 6.03 Å². The minimum Gasteiger partial charge on any atom is -0.493 e. The van der Waals surface area contributed by atoms with Crippen molar-refractivity contribution in [3.05, 3.63) is 29.8 Å². The number of benzene rings is 1. The van der Waals surface area contributed by atoms with E-state index in [0.717, 1.165) is 44.0 Å². The summed E-state index contributed by atoms with van der Waals surface area (Å²) in [6.07, 6.45) is 0. The van der Waals surface area contributed by atoms with E-state index in [4.69, 9.17) is 4.74 Å². The Bertz CT molecular complexity index is 556. The summed E-state index contributed by atoms with van der Waals surface area (Å²) < 4.78 is 5.73. The molecule has 146 valence electrons. The van der Waals surface area contributed by atoms with Crippen LogP contribution in [0.2, 0.25) is 0 Å². The molecule has 26 heavy (non-hydrogen) atoms. The minimum absolute atomic E-state index is 0.124. The van der Waals surface area contributed by atoms with Crippen LogP contribution in [0.1, 0.15) is 26.3 Å². The highest BCUT2D eigenvalue weighted by atomic mass is 16.5. The lowest BCUT2D eigenvalue weighted by Gasteiger charge is -2.34. The Balaban J connectivity index is 1.70. The molecule has 0 bridgehead atoms. The number of carbonyl (C=O) groups is 1. The lowest BCUT2D eigenvalue weighted by molar-refractivity contribution is 0.144. The van der Waals surface area contributed by atoms with E-state index >= 15 is 0 Å². The van der Waals surface area contributed by atoms with Crippen molar-refractivity contribution in [2.45, 2.75) is 33.4 Å². The maximum Gasteiger partial charge on any atom is 0.315 e. The molecule has 1 fully saturated rings. The van der Waals surface area contributed by atoms with Crippen LogP contribution in [-0.4, -0.2) is 68.3 Å². The van der Waals surface area contributed by atoms with E-state index in [1.54, 1.807) is 0 Å². The van der Waals surface area contributed by atoms with E-state index in [-0.39, 0.29) is 12.1 Å². The summed E-state index contributed by atoms with van der Waals surface area (Å²) in [6.45, 7) is 12.7. The average Bonchev–Trinajstić information content (AvgIpc) is 2.60. The van der Waals surface area contributed by atoms with Gasteiger partial charge in [-0.2, -0.15) is 0 Å². The number of likely N-dealkylation sites (N-methyl/N-ethyl adjacent to an activating group) is 1. The monoisotopic (exact) mass is 362 g/mol. The molecule has 0 saturated carbocycles. The Hall–Kier alpha value is -1.79. The fourth-order valence-corrected chi connectivity index (χ4v) is 2.93. The van der Waals surface area contributed by atoms with Gasteiger partial charge < -0.3 is 20.3 Å². The van der Waals surface area contributed by atoms with Gasteiger partial charge in [0.25, 0.3) is 0 Å². The van der Waals surface area contributed by atoms with Gasteiger partial charge in [-0.25, -0.2) is 4.79 Å². The van der Waals surface area contributed by atoms with E-state index in [1.165, 1.54) is 0 Å². The minimum atomic E-state index is -0.125. The maximum absolute atomic E-state index is 12.1. The molecule has 0 spiro atoms. The van der Waals surface area contributed by atoms with E-state index in [9.17, 15) is 4.79 Å². The highest BCUT2D eigenvalue weighted by Gasteiger charge is 2.17. The van der Waals surface area contributed by atoms with E-state index in [0.29, 0.717) is 19.1 Å². The number of nitrogens with one attached hydrogen (secondary N) is 2. The number of carbonyl (C=O) groups excluding carboxylic acids is 1. The van der Waals surface area contributed by atoms with Gasteiger partial charge in [-0.05, 0) is 37.6 Å². The molecular formula is C20H34N4O2. The zero-order chi connectivity index (χ0) is 18.9. The molecule has 1 unspecified atom stereocenters. The fraction of sp³-hybridized carbons (Fsp3) is 0.650. The van der Waals surface area contributed by atoms with Gasteiger partial charge in [0.1, 0.15) is 5.75 Å². The third kappa shape index (κ3) is 7.62. The first-order valence-electron chi connectivity index (χ1n) is 9.59. The molecule has 6 nitrogen and oxygen atoms in total. The predicted octanol–water partition coefficient (Wildman–Crippen LogP) is 2.16. The molecule has 1 atom stereocenters. The third-order valence-corrected chi connectivity index (χ3v) is 4.44. The smallest absolute Gasteiger partial charge is 0.315 e. The highest BCUT2D eigenvalue weighted by molar-refractivity contribution is 5.74. The SMILES string of the molecule is CC(C)COc1cccc(CNC(=O)NC(C)CN2CCN(C)CC2)c1. The van der Waals surface area contributed by atoms with Gasteiger partial charge in [0.15, 0.2) is 0 Å². The second-order valence-corrected chi connectivity index (χ2v) is 7.68. The summed E-state index contributed by atoms with van der Waals surface area (Å²) in [5.74, 6) is 1.34. The Labute approximate surface area is 157 Å². The number of nitrogens with zero attached hydrogens (tertiary/aromatic N) is 2. The molecule has 1 saturated heterocycles. The molecule has 2 N–H and O–H groups in total. The second kappa shape index (κ2) is 10.4. The van der Waals surface area contributed by atoms with Crippen LogP contribution in [-0.2, 0) is 6.54 Å². The zero-order valence-corrected chi connectivity index (χ0v) is 16.6. The van der Waals surface area contributed by atoms with Gasteiger partial charge in [-0.15, -0.1) is 0 Å². The molecular weight excluding hydrogens is 328 g/mol. The number of ether oxygens (including phenoxy) is 1. The first-order chi connectivity index (χ1) is 12.4. The summed E-state index contributed by atoms with van der Waals surface area (Å²) in [4.78, 5) is 16.9. The van der Waals surface area contributed by atoms with E-state index in [2.05, 4.69) is 48.3 Å². The van der Waals surface area contributed by atoms with E-state index < -0.39 is 0 Å². The largest absolute Gasteiger partial charge is 0.493 e. The van der Waals surface area contributed by atoms with Crippen molar-refractivity contribution in [1.82, 2.24) is 20.4 Å². The van der Waals surface area contributed by atoms with Crippen LogP contribution in [0, 0.1) is 5.92 Å². The topological polar surface area (TPSA) is 56.8 Å². The Morgan fingerprint density at radius 1 is 1.19 bits per heavy atom. The first kappa shape index (κ1) is 20.5. The zero-order valence-electron chi connectivity index (χ0n) is 16.6. The summed E-state index contributed by atoms with van der Waals surface area (Å²) in [6, 6.07) is 7.89. The summed E-state index contributed by atoms with van der Waals surface area (Å²) in [5, 5.41) is 5.96. The van der Waals surface area contributed by atoms with Crippen molar-refractivity contribution in [1.29, 1.82) is 0 Å². The quantitative estimate of drug-likeness (QED) is 0.744. The van der Waals surface area contributed by atoms with Crippen LogP contribution in [0.5, 0.6) is 5.75 Å². The Morgan fingerprint density at radius 3 is 2.62 bits per heavy atom. The van der Waals surface area contributed by atoms with Crippen LogP contribution >= 0.6 is 0 Å². The maximum atomic E-state index is 12.1. The number of hydrogen-bond acceptors (Lipinski definition) is 4. The van der Waals surface area contributed by atoms with Gasteiger partial charge in [0, 0.05) is 45.3 Å². The summed E-state index contributed by atoms with van der Waals surface area (Å²) in [7, 11) is 2.15. The molecule has 1 aromatic rings. The number of piperazine rings is 1. The van der Waals surface area contributed by atoms with Crippen LogP contribution < -0.4 is 15.4 Å². The summed E-state index contributed by atoms with van der Waals surface area (Å²) in [5.41, 5.74) is 1.04. The standard InChI is InChI=1S/C20H34N4O2/c1-16(2)15-26-19-7-5-6-18(12-19)13-21-20(25)22-17(3)14-24-10-8-23(4)9-11-24/h5-7,12,16-17H,8-11,13-15H2,1-4H3,(H2,21,22,25). The second-order valence-electron chi connectivity index (χ2n) is 7.68. The Kier molecular flexibility index (Phi) is 8.19. The molecule has 1 aliphatic heterocycles. The molecule has 1 aliphatic rings. The van der Waals surface area contributed by atoms with Crippen LogP contribution in [0.3, 0.4) is 0 Å². The predicted molar refractivity (Wildman–Crippen MR) is 106 cm³/mol. The van der Waals surface area contributed by atoms with Crippen molar-refractivity contribution < 1.29 is 9.53 Å². The lowest BCUT2D eigenvalue weighted by Crippen LogP contribution is -2.51. The number of amides is 2. The number of hydrogen-bond donors (Lipinski definition) is 2. The van der Waals surface area contributed by atoms with E-state index in [1.807, 2.05) is 24.3 Å². The van der Waals surface area contributed by atoms with Gasteiger partial charge in [0.2, 0.25) is 0 Å². The van der Waals surface area contributed by atoms with Gasteiger partial charge in [0.05, 0.1) is 6.61 Å². The molecule has 0 aromatic heterocycles. The van der Waals surface area contributed by atoms with Crippen molar-refractivity contribution in [3.8, 4) is 5.75 Å². The van der Waals surface area contributed by atoms with Gasteiger partial charge >= 0.3 is 6.03 Å². The highest BCUT2D eigenvalue weighted by Crippen LogP contribution is 2.14.